The number of guanidine groups is 2. The van der Waals surface area contributed by atoms with Gasteiger partial charge in [0.1, 0.15) is 6.54 Å². The quantitative estimate of drug-likeness (QED) is 0.114. The van der Waals surface area contributed by atoms with E-state index in [2.05, 4.69) is 30.6 Å². The van der Waals surface area contributed by atoms with E-state index in [1.165, 1.54) is 38.3 Å². The Morgan fingerprint density at radius 1 is 1.02 bits per heavy atom. The lowest BCUT2D eigenvalue weighted by molar-refractivity contribution is -0.130. The van der Waals surface area contributed by atoms with Crippen molar-refractivity contribution in [2.24, 2.45) is 32.9 Å². The van der Waals surface area contributed by atoms with Crippen LogP contribution in [-0.4, -0.2) is 71.5 Å². The molecule has 1 amide bonds. The lowest BCUT2D eigenvalue weighted by Crippen LogP contribution is -2.39. The van der Waals surface area contributed by atoms with E-state index < -0.39 is 5.69 Å². The number of carbonyl (C=O) groups is 1. The molecule has 0 spiro atoms. The highest BCUT2D eigenvalue weighted by molar-refractivity contribution is 5.83. The lowest BCUT2D eigenvalue weighted by atomic mass is 9.89. The van der Waals surface area contributed by atoms with E-state index in [-0.39, 0.29) is 24.4 Å². The van der Waals surface area contributed by atoms with Crippen LogP contribution in [0, 0.1) is 0 Å². The molecule has 3 heterocycles. The second-order valence-electron chi connectivity index (χ2n) is 10.8. The van der Waals surface area contributed by atoms with Gasteiger partial charge < -0.3 is 43.2 Å². The number of anilines is 2. The van der Waals surface area contributed by atoms with E-state index in [1.54, 1.807) is 4.90 Å². The summed E-state index contributed by atoms with van der Waals surface area (Å²) in [6.45, 7) is 3.07. The number of nitrogens with zero attached hydrogens (tertiary/aromatic N) is 4. The number of hydrogen-bond donors (Lipinski definition) is 7. The average Bonchev–Trinajstić information content (AvgIpc) is 2.99. The molecule has 2 aliphatic heterocycles. The fourth-order valence-electron chi connectivity index (χ4n) is 5.42. The minimum absolute atomic E-state index is 0.0143. The molecule has 1 aromatic carbocycles. The number of hydrogen-bond acceptors (Lipinski definition) is 8. The summed E-state index contributed by atoms with van der Waals surface area (Å²) in [6.07, 6.45) is 11.0. The topological polar surface area (TPSA) is 228 Å². The van der Waals surface area contributed by atoms with Crippen molar-refractivity contribution < 1.29 is 9.53 Å². The Kier molecular flexibility index (Phi) is 11.0. The van der Waals surface area contributed by atoms with E-state index in [0.717, 1.165) is 49.6 Å². The zero-order chi connectivity index (χ0) is 29.9. The second-order valence-corrected chi connectivity index (χ2v) is 10.8. The van der Waals surface area contributed by atoms with Crippen LogP contribution in [0.2, 0.25) is 0 Å². The lowest BCUT2D eigenvalue weighted by Gasteiger charge is -2.32. The number of fused-ring (bicyclic) bond motifs is 2. The van der Waals surface area contributed by atoms with Gasteiger partial charge in [-0.2, -0.15) is 4.98 Å². The number of amides is 1. The predicted molar refractivity (Wildman–Crippen MR) is 164 cm³/mol. The van der Waals surface area contributed by atoms with Crippen LogP contribution in [0.5, 0.6) is 11.5 Å². The van der Waals surface area contributed by atoms with Crippen molar-refractivity contribution in [3.8, 4) is 11.5 Å². The van der Waals surface area contributed by atoms with Crippen LogP contribution in [0.25, 0.3) is 0 Å². The van der Waals surface area contributed by atoms with Gasteiger partial charge in [-0.15, -0.1) is 0 Å². The van der Waals surface area contributed by atoms with E-state index in [4.69, 9.17) is 27.7 Å². The number of H-pyrrole nitrogens is 1. The zero-order valence-electron chi connectivity index (χ0n) is 24.0. The van der Waals surface area contributed by atoms with Gasteiger partial charge in [-0.1, -0.05) is 25.3 Å². The Morgan fingerprint density at radius 3 is 2.48 bits per heavy atom. The molecule has 1 aromatic heterocycles. The van der Waals surface area contributed by atoms with Crippen molar-refractivity contribution in [1.29, 1.82) is 0 Å². The van der Waals surface area contributed by atoms with Crippen molar-refractivity contribution in [2.45, 2.75) is 63.3 Å². The fraction of sp³-hybridized carbons (Fsp3) is 0.536. The Morgan fingerprint density at radius 2 is 1.76 bits per heavy atom. The second kappa shape index (κ2) is 15.1. The molecule has 14 nitrogen and oxygen atoms in total. The molecule has 1 saturated heterocycles. The molecule has 42 heavy (non-hydrogen) atoms. The smallest absolute Gasteiger partial charge is 0.346 e. The van der Waals surface area contributed by atoms with Crippen LogP contribution < -0.4 is 44.0 Å². The number of rotatable bonds is 8. The molecule has 3 aliphatic rings. The number of nitrogens with two attached hydrogens (primary N) is 4. The van der Waals surface area contributed by atoms with Gasteiger partial charge in [0.15, 0.2) is 29.2 Å². The highest BCUT2D eigenvalue weighted by Crippen LogP contribution is 2.42. The summed E-state index contributed by atoms with van der Waals surface area (Å²) in [6, 6.07) is 6.70. The van der Waals surface area contributed by atoms with Gasteiger partial charge in [0.05, 0.1) is 11.9 Å². The van der Waals surface area contributed by atoms with Crippen molar-refractivity contribution in [3.05, 3.63) is 40.4 Å². The number of ether oxygens (including phenoxy) is 1. The number of benzene rings is 1. The molecule has 2 fully saturated rings. The summed E-state index contributed by atoms with van der Waals surface area (Å²) in [4.78, 5) is 39.4. The van der Waals surface area contributed by atoms with Crippen LogP contribution in [0.3, 0.4) is 0 Å². The van der Waals surface area contributed by atoms with E-state index in [1.807, 2.05) is 18.2 Å². The molecule has 11 N–H and O–H groups in total. The standard InChI is InChI=1S/C18H21N7O3.C10H22N4/c19-17(20)21-9-15(26)25-5-3-10(4-6-25)11-1-2-13-12(7-11)23-16-14(28-13)8-22-18(27)24-16;11-10(12)14-8-4-7-13-9-5-2-1-3-6-9/h1-2,7-8,10H,3-6,9H2,(H4,19,20,21)(H2,22,23,24,27);9,13H,1-8H2,(H4,11,12,14). The Balaban J connectivity index is 0.000000244. The molecular weight excluding hydrogens is 538 g/mol. The van der Waals surface area contributed by atoms with E-state index in [9.17, 15) is 9.59 Å². The van der Waals surface area contributed by atoms with Crippen LogP contribution in [-0.2, 0) is 4.79 Å². The van der Waals surface area contributed by atoms with Crippen molar-refractivity contribution in [1.82, 2.24) is 20.2 Å². The molecular formula is C28H43N11O3. The van der Waals surface area contributed by atoms with Gasteiger partial charge in [0.2, 0.25) is 5.91 Å². The van der Waals surface area contributed by atoms with E-state index in [0.29, 0.717) is 36.3 Å². The monoisotopic (exact) mass is 581 g/mol. The number of nitrogens with one attached hydrogen (secondary N) is 3. The molecule has 0 bridgehead atoms. The van der Waals surface area contributed by atoms with Gasteiger partial charge in [0, 0.05) is 25.7 Å². The number of likely N-dealkylation sites (tertiary alicyclic amines) is 1. The van der Waals surface area contributed by atoms with Crippen LogP contribution in [0.15, 0.2) is 39.2 Å². The molecule has 5 rings (SSSR count). The van der Waals surface area contributed by atoms with Crippen LogP contribution >= 0.6 is 0 Å². The van der Waals surface area contributed by atoms with Crippen LogP contribution in [0.4, 0.5) is 11.5 Å². The van der Waals surface area contributed by atoms with Gasteiger partial charge in [-0.25, -0.2) is 9.79 Å². The van der Waals surface area contributed by atoms with Gasteiger partial charge in [-0.3, -0.25) is 14.8 Å². The summed E-state index contributed by atoms with van der Waals surface area (Å²) < 4.78 is 5.79. The maximum Gasteiger partial charge on any atom is 0.346 e. The normalized spacial score (nSPS) is 16.4. The number of aromatic amines is 1. The third-order valence-electron chi connectivity index (χ3n) is 7.64. The third kappa shape index (κ3) is 9.09. The predicted octanol–water partition coefficient (Wildman–Crippen LogP) is 1.17. The van der Waals surface area contributed by atoms with Crippen molar-refractivity contribution in [3.63, 3.8) is 0 Å². The maximum absolute atomic E-state index is 12.1. The van der Waals surface area contributed by atoms with E-state index >= 15 is 0 Å². The van der Waals surface area contributed by atoms with Gasteiger partial charge >= 0.3 is 5.69 Å². The summed E-state index contributed by atoms with van der Waals surface area (Å²) in [5, 5.41) is 6.74. The zero-order valence-corrected chi connectivity index (χ0v) is 24.0. The Bertz CT molecular complexity index is 1300. The minimum Gasteiger partial charge on any atom is -0.450 e. The summed E-state index contributed by atoms with van der Waals surface area (Å²) in [7, 11) is 0. The first-order valence-corrected chi connectivity index (χ1v) is 14.6. The molecule has 14 heteroatoms. The Hall–Kier alpha value is -4.33. The first-order chi connectivity index (χ1) is 20.3. The highest BCUT2D eigenvalue weighted by Gasteiger charge is 2.25. The molecule has 1 saturated carbocycles. The Labute approximate surface area is 245 Å². The molecule has 0 atom stereocenters. The van der Waals surface area contributed by atoms with Crippen molar-refractivity contribution >= 4 is 29.3 Å². The average molecular weight is 582 g/mol. The molecule has 0 unspecified atom stereocenters. The SMILES string of the molecule is NC(N)=NCC(=O)N1CCC(c2ccc3c(c2)Nc2[nH]c(=O)ncc2O3)CC1.NC(N)=NCCCNC1CCCCC1. The van der Waals surface area contributed by atoms with Crippen LogP contribution in [0.1, 0.15) is 62.8 Å². The molecule has 0 radical (unpaired) electrons. The first kappa shape index (κ1) is 30.6. The number of piperidine rings is 1. The largest absolute Gasteiger partial charge is 0.450 e. The maximum atomic E-state index is 12.1. The number of carbonyl (C=O) groups excluding carboxylic acids is 1. The summed E-state index contributed by atoms with van der Waals surface area (Å²) in [5.41, 5.74) is 22.5. The van der Waals surface area contributed by atoms with Gasteiger partial charge in [-0.05, 0) is 62.3 Å². The summed E-state index contributed by atoms with van der Waals surface area (Å²) >= 11 is 0. The van der Waals surface area contributed by atoms with Gasteiger partial charge in [0.25, 0.3) is 0 Å². The molecule has 2 aromatic rings. The minimum atomic E-state index is -0.438. The fourth-order valence-corrected chi connectivity index (χ4v) is 5.42. The highest BCUT2D eigenvalue weighted by atomic mass is 16.5. The number of aromatic nitrogens is 2. The number of aliphatic imine (C=N–C) groups is 2. The summed E-state index contributed by atoms with van der Waals surface area (Å²) in [5.74, 6) is 2.03. The third-order valence-corrected chi connectivity index (χ3v) is 7.64. The van der Waals surface area contributed by atoms with Crippen molar-refractivity contribution in [2.75, 3.05) is 38.0 Å². The molecule has 228 valence electrons. The first-order valence-electron chi connectivity index (χ1n) is 14.6. The molecule has 1 aliphatic carbocycles.